The molecule has 1 rings (SSSR count). The first-order chi connectivity index (χ1) is 7.65. The van der Waals surface area contributed by atoms with E-state index in [0.717, 1.165) is 5.56 Å². The zero-order valence-electron chi connectivity index (χ0n) is 8.65. The van der Waals surface area contributed by atoms with E-state index in [9.17, 15) is 9.90 Å². The van der Waals surface area contributed by atoms with Gasteiger partial charge >= 0.3 is 0 Å². The van der Waals surface area contributed by atoms with Crippen molar-refractivity contribution in [3.05, 3.63) is 42.0 Å². The number of carbonyl (C=O) groups is 1. The summed E-state index contributed by atoms with van der Waals surface area (Å²) in [4.78, 5) is 11.3. The minimum atomic E-state index is -1.58. The van der Waals surface area contributed by atoms with Gasteiger partial charge < -0.3 is 15.3 Å². The lowest BCUT2D eigenvalue weighted by atomic mass is 10.1. The second-order valence-corrected chi connectivity index (χ2v) is 3.34. The Kier molecular flexibility index (Phi) is 4.85. The number of aliphatic hydroxyl groups excluding tert-OH is 3. The molecule has 16 heavy (non-hydrogen) atoms. The Hall–Kier alpha value is -1.49. The second kappa shape index (κ2) is 6.17. The highest BCUT2D eigenvalue weighted by Crippen LogP contribution is 2.03. The van der Waals surface area contributed by atoms with E-state index in [1.807, 2.05) is 18.2 Å². The summed E-state index contributed by atoms with van der Waals surface area (Å²) in [7, 11) is 0. The van der Waals surface area contributed by atoms with Crippen LogP contribution in [0.4, 0.5) is 0 Å². The van der Waals surface area contributed by atoms with Crippen molar-refractivity contribution in [1.29, 1.82) is 0 Å². The van der Waals surface area contributed by atoms with E-state index >= 15 is 0 Å². The van der Waals surface area contributed by atoms with Gasteiger partial charge in [0.2, 0.25) is 0 Å². The number of rotatable bonds is 5. The van der Waals surface area contributed by atoms with Crippen LogP contribution < -0.4 is 0 Å². The van der Waals surface area contributed by atoms with Crippen molar-refractivity contribution in [2.45, 2.75) is 12.2 Å². The van der Waals surface area contributed by atoms with Gasteiger partial charge in [-0.25, -0.2) is 0 Å². The molecular weight excluding hydrogens is 208 g/mol. The van der Waals surface area contributed by atoms with Gasteiger partial charge in [-0.05, 0) is 11.6 Å². The second-order valence-electron chi connectivity index (χ2n) is 3.34. The molecule has 3 N–H and O–H groups in total. The van der Waals surface area contributed by atoms with Gasteiger partial charge in [0.15, 0.2) is 5.78 Å². The first-order valence-electron chi connectivity index (χ1n) is 4.89. The van der Waals surface area contributed by atoms with Crippen molar-refractivity contribution in [2.24, 2.45) is 0 Å². The summed E-state index contributed by atoms with van der Waals surface area (Å²) in [6.45, 7) is -0.647. The van der Waals surface area contributed by atoms with Gasteiger partial charge in [0.05, 0.1) is 6.61 Å². The third-order valence-corrected chi connectivity index (χ3v) is 2.08. The Labute approximate surface area is 93.5 Å². The van der Waals surface area contributed by atoms with Crippen molar-refractivity contribution < 1.29 is 20.1 Å². The van der Waals surface area contributed by atoms with Gasteiger partial charge in [0.25, 0.3) is 0 Å². The predicted molar refractivity (Wildman–Crippen MR) is 59.6 cm³/mol. The summed E-state index contributed by atoms with van der Waals surface area (Å²) in [5, 5.41) is 26.8. The average Bonchev–Trinajstić information content (AvgIpc) is 2.35. The molecule has 1 aromatic carbocycles. The monoisotopic (exact) mass is 222 g/mol. The standard InChI is InChI=1S/C12H14O4/c13-8-11(15)12(16)10(14)7-6-9-4-2-1-3-5-9/h1-7,11-13,15-16H,8H2. The predicted octanol–water partition coefficient (Wildman–Crippen LogP) is -0.0170. The maximum atomic E-state index is 11.3. The molecule has 4 nitrogen and oxygen atoms in total. The molecule has 4 heteroatoms. The highest BCUT2D eigenvalue weighted by atomic mass is 16.4. The van der Waals surface area contributed by atoms with Crippen LogP contribution >= 0.6 is 0 Å². The molecule has 86 valence electrons. The molecule has 0 aliphatic carbocycles. The lowest BCUT2D eigenvalue weighted by Gasteiger charge is -2.11. The van der Waals surface area contributed by atoms with Crippen molar-refractivity contribution in [2.75, 3.05) is 6.61 Å². The van der Waals surface area contributed by atoms with E-state index in [4.69, 9.17) is 10.2 Å². The molecule has 0 spiro atoms. The number of hydrogen-bond acceptors (Lipinski definition) is 4. The molecule has 0 saturated carbocycles. The molecule has 0 amide bonds. The van der Waals surface area contributed by atoms with E-state index in [0.29, 0.717) is 0 Å². The van der Waals surface area contributed by atoms with E-state index < -0.39 is 24.6 Å². The van der Waals surface area contributed by atoms with Crippen LogP contribution in [0, 0.1) is 0 Å². The van der Waals surface area contributed by atoms with Crippen LogP contribution in [0.1, 0.15) is 5.56 Å². The fourth-order valence-corrected chi connectivity index (χ4v) is 1.13. The van der Waals surface area contributed by atoms with Gasteiger partial charge in [0.1, 0.15) is 12.2 Å². The zero-order chi connectivity index (χ0) is 12.0. The molecule has 1 aromatic rings. The van der Waals surface area contributed by atoms with Crippen LogP contribution in [0.5, 0.6) is 0 Å². The van der Waals surface area contributed by atoms with Crippen LogP contribution in [-0.4, -0.2) is 39.9 Å². The molecule has 0 saturated heterocycles. The van der Waals surface area contributed by atoms with Gasteiger partial charge in [-0.1, -0.05) is 36.4 Å². The fourth-order valence-electron chi connectivity index (χ4n) is 1.13. The lowest BCUT2D eigenvalue weighted by molar-refractivity contribution is -0.129. The number of benzene rings is 1. The Morgan fingerprint density at radius 1 is 1.25 bits per heavy atom. The molecular formula is C12H14O4. The topological polar surface area (TPSA) is 77.8 Å². The molecule has 2 atom stereocenters. The summed E-state index contributed by atoms with van der Waals surface area (Å²) >= 11 is 0. The van der Waals surface area contributed by atoms with Crippen LogP contribution in [0.25, 0.3) is 6.08 Å². The lowest BCUT2D eigenvalue weighted by Crippen LogP contribution is -2.35. The summed E-state index contributed by atoms with van der Waals surface area (Å²) in [6, 6.07) is 9.10. The van der Waals surface area contributed by atoms with E-state index in [2.05, 4.69) is 0 Å². The zero-order valence-corrected chi connectivity index (χ0v) is 8.65. The van der Waals surface area contributed by atoms with Crippen LogP contribution in [0.15, 0.2) is 36.4 Å². The minimum absolute atomic E-state index is 0.634. The minimum Gasteiger partial charge on any atom is -0.394 e. The van der Waals surface area contributed by atoms with Gasteiger partial charge in [0, 0.05) is 0 Å². The van der Waals surface area contributed by atoms with E-state index in [1.165, 1.54) is 12.2 Å². The van der Waals surface area contributed by atoms with Crippen molar-refractivity contribution in [3.8, 4) is 0 Å². The van der Waals surface area contributed by atoms with Crippen molar-refractivity contribution in [1.82, 2.24) is 0 Å². The number of ketones is 1. The first kappa shape index (κ1) is 12.6. The summed E-state index contributed by atoms with van der Waals surface area (Å²) in [6.07, 6.45) is -0.299. The van der Waals surface area contributed by atoms with Gasteiger partial charge in [-0.2, -0.15) is 0 Å². The third kappa shape index (κ3) is 3.58. The maximum absolute atomic E-state index is 11.3. The Bertz CT molecular complexity index is 359. The van der Waals surface area contributed by atoms with Crippen LogP contribution in [-0.2, 0) is 4.79 Å². The van der Waals surface area contributed by atoms with Gasteiger partial charge in [-0.15, -0.1) is 0 Å². The van der Waals surface area contributed by atoms with Gasteiger partial charge in [-0.3, -0.25) is 4.79 Å². The Morgan fingerprint density at radius 3 is 2.44 bits per heavy atom. The summed E-state index contributed by atoms with van der Waals surface area (Å²) < 4.78 is 0. The van der Waals surface area contributed by atoms with Crippen molar-refractivity contribution in [3.63, 3.8) is 0 Å². The van der Waals surface area contributed by atoms with E-state index in [-0.39, 0.29) is 0 Å². The molecule has 2 unspecified atom stereocenters. The van der Waals surface area contributed by atoms with Crippen molar-refractivity contribution >= 4 is 11.9 Å². The molecule has 0 aliphatic rings. The number of aliphatic hydroxyl groups is 3. The number of hydrogen-bond donors (Lipinski definition) is 3. The SMILES string of the molecule is O=C(C=Cc1ccccc1)C(O)C(O)CO. The highest BCUT2D eigenvalue weighted by molar-refractivity contribution is 5.97. The smallest absolute Gasteiger partial charge is 0.186 e. The average molecular weight is 222 g/mol. The maximum Gasteiger partial charge on any atom is 0.186 e. The Morgan fingerprint density at radius 2 is 1.88 bits per heavy atom. The normalized spacial score (nSPS) is 14.9. The van der Waals surface area contributed by atoms with Crippen LogP contribution in [0.2, 0.25) is 0 Å². The fraction of sp³-hybridized carbons (Fsp3) is 0.250. The number of carbonyl (C=O) groups excluding carboxylic acids is 1. The van der Waals surface area contributed by atoms with E-state index in [1.54, 1.807) is 12.1 Å². The molecule has 0 radical (unpaired) electrons. The molecule has 0 bridgehead atoms. The van der Waals surface area contributed by atoms with Crippen LogP contribution in [0.3, 0.4) is 0 Å². The quantitative estimate of drug-likeness (QED) is 0.612. The summed E-state index contributed by atoms with van der Waals surface area (Å²) in [5.74, 6) is -0.634. The first-order valence-corrected chi connectivity index (χ1v) is 4.89. The highest BCUT2D eigenvalue weighted by Gasteiger charge is 2.20. The molecule has 0 aliphatic heterocycles. The summed E-state index contributed by atoms with van der Waals surface area (Å²) in [5.41, 5.74) is 0.821. The molecule has 0 heterocycles. The third-order valence-electron chi connectivity index (χ3n) is 2.08. The molecule has 0 aromatic heterocycles. The Balaban J connectivity index is 2.61. The molecule has 0 fully saturated rings. The largest absolute Gasteiger partial charge is 0.394 e.